The third-order valence-corrected chi connectivity index (χ3v) is 4.23. The number of rotatable bonds is 1. The second-order valence-electron chi connectivity index (χ2n) is 5.52. The Labute approximate surface area is 129 Å². The molecule has 5 heteroatoms. The number of nitrogens with zero attached hydrogens (tertiary/aromatic N) is 1. The zero-order valence-electron chi connectivity index (χ0n) is 11.9. The van der Waals surface area contributed by atoms with Gasteiger partial charge in [0.05, 0.1) is 0 Å². The first-order valence-corrected chi connectivity index (χ1v) is 7.17. The van der Waals surface area contributed by atoms with Crippen LogP contribution in [-0.2, 0) is 0 Å². The fraction of sp³-hybridized carbons (Fsp3) is 0.111. The van der Waals surface area contributed by atoms with E-state index in [1.165, 1.54) is 0 Å². The second-order valence-corrected chi connectivity index (χ2v) is 5.52. The number of aliphatic hydroxyl groups is 1. The molecule has 0 spiro atoms. The van der Waals surface area contributed by atoms with Gasteiger partial charge in [-0.05, 0) is 5.56 Å². The molecule has 0 heterocycles. The third kappa shape index (κ3) is 1.83. The minimum atomic E-state index is -1.15. The fourth-order valence-corrected chi connectivity index (χ4v) is 3.08. The van der Waals surface area contributed by atoms with Crippen LogP contribution in [-0.4, -0.2) is 16.9 Å². The van der Waals surface area contributed by atoms with Crippen molar-refractivity contribution in [1.29, 1.82) is 0 Å². The monoisotopic (exact) mass is 305 g/mol. The molecule has 1 aliphatic rings. The zero-order chi connectivity index (χ0) is 16.1. The highest BCUT2D eigenvalue weighted by molar-refractivity contribution is 6.05. The van der Waals surface area contributed by atoms with Crippen molar-refractivity contribution >= 4 is 16.6 Å². The Morgan fingerprint density at radius 3 is 2.00 bits per heavy atom. The van der Waals surface area contributed by atoms with Crippen LogP contribution in [0, 0.1) is 0 Å². The largest absolute Gasteiger partial charge is 0.386 e. The highest BCUT2D eigenvalue weighted by Gasteiger charge is 2.38. The van der Waals surface area contributed by atoms with E-state index in [2.05, 4.69) is 4.99 Å². The Balaban J connectivity index is 1.95. The minimum Gasteiger partial charge on any atom is -0.386 e. The molecule has 0 aliphatic heterocycles. The number of ketones is 1. The molecule has 0 amide bonds. The quantitative estimate of drug-likeness (QED) is 0.715. The fourth-order valence-electron chi connectivity index (χ4n) is 3.08. The Hall–Kier alpha value is -2.92. The molecular formula is C18H11NO4. The van der Waals surface area contributed by atoms with Crippen molar-refractivity contribution in [2.75, 3.05) is 0 Å². The van der Waals surface area contributed by atoms with Gasteiger partial charge in [0.25, 0.3) is 0 Å². The van der Waals surface area contributed by atoms with Crippen molar-refractivity contribution in [3.05, 3.63) is 85.5 Å². The van der Waals surface area contributed by atoms with Crippen molar-refractivity contribution in [1.82, 2.24) is 0 Å². The van der Waals surface area contributed by atoms with E-state index in [-0.39, 0.29) is 21.9 Å². The lowest BCUT2D eigenvalue weighted by molar-refractivity contribution is 0.0877. The predicted octanol–water partition coefficient (Wildman–Crippen LogP) is 0.635. The van der Waals surface area contributed by atoms with Crippen LogP contribution in [0.15, 0.2) is 63.1 Å². The van der Waals surface area contributed by atoms with E-state index in [9.17, 15) is 19.5 Å². The van der Waals surface area contributed by atoms with Gasteiger partial charge in [-0.3, -0.25) is 19.4 Å². The molecule has 0 aromatic heterocycles. The lowest BCUT2D eigenvalue weighted by Crippen LogP contribution is -2.35. The standard InChI is InChI=1S/C18H11NO4/c20-15-9-5-1-2-6-10(9)16(21)13(15)19-14-17(22)11-7-3-4-8-12(11)18(14)23/h1-8,13,15,20H/t13-,15+/m0/s1. The summed E-state index contributed by atoms with van der Waals surface area (Å²) in [5.74, 6) is -0.378. The van der Waals surface area contributed by atoms with Gasteiger partial charge in [-0.15, -0.1) is 0 Å². The molecule has 112 valence electrons. The summed E-state index contributed by atoms with van der Waals surface area (Å²) in [6.07, 6.45) is -1.14. The summed E-state index contributed by atoms with van der Waals surface area (Å²) in [5, 5.41) is 10.6. The number of aliphatic hydroxyl groups excluding tert-OH is 1. The number of hydrogen-bond acceptors (Lipinski definition) is 5. The van der Waals surface area contributed by atoms with Crippen LogP contribution >= 0.6 is 0 Å². The van der Waals surface area contributed by atoms with Gasteiger partial charge in [0.1, 0.15) is 12.1 Å². The Kier molecular flexibility index (Phi) is 2.86. The summed E-state index contributed by atoms with van der Waals surface area (Å²) in [6.45, 7) is 0. The van der Waals surface area contributed by atoms with Crippen molar-refractivity contribution in [3.63, 3.8) is 0 Å². The zero-order valence-corrected chi connectivity index (χ0v) is 11.9. The first-order chi connectivity index (χ1) is 11.1. The molecule has 23 heavy (non-hydrogen) atoms. The topological polar surface area (TPSA) is 83.8 Å². The molecule has 0 radical (unpaired) electrons. The maximum absolute atomic E-state index is 12.4. The van der Waals surface area contributed by atoms with Gasteiger partial charge < -0.3 is 5.11 Å². The average Bonchev–Trinajstić information content (AvgIpc) is 2.97. The third-order valence-electron chi connectivity index (χ3n) is 4.23. The summed E-state index contributed by atoms with van der Waals surface area (Å²) in [7, 11) is 0. The Morgan fingerprint density at radius 1 is 0.826 bits per heavy atom. The summed E-state index contributed by atoms with van der Waals surface area (Å²) in [4.78, 5) is 41.1. The van der Waals surface area contributed by atoms with Gasteiger partial charge in [-0.25, -0.2) is 0 Å². The van der Waals surface area contributed by atoms with E-state index in [0.29, 0.717) is 11.1 Å². The number of hydrogen-bond donors (Lipinski definition) is 1. The molecule has 0 bridgehead atoms. The van der Waals surface area contributed by atoms with Gasteiger partial charge in [0, 0.05) is 16.3 Å². The first-order valence-electron chi connectivity index (χ1n) is 7.17. The lowest BCUT2D eigenvalue weighted by atomic mass is 10.1. The minimum absolute atomic E-state index is 0.281. The molecule has 5 nitrogen and oxygen atoms in total. The normalized spacial score (nSPS) is 20.0. The molecule has 4 rings (SSSR count). The second kappa shape index (κ2) is 4.79. The van der Waals surface area contributed by atoms with E-state index in [4.69, 9.17) is 0 Å². The van der Waals surface area contributed by atoms with Gasteiger partial charge in [0.2, 0.25) is 10.9 Å². The molecular weight excluding hydrogens is 294 g/mol. The molecule has 0 unspecified atom stereocenters. The summed E-state index contributed by atoms with van der Waals surface area (Å²) in [6, 6.07) is 12.0. The molecule has 3 aromatic rings. The number of carbonyl (C=O) groups is 1. The average molecular weight is 305 g/mol. The highest BCUT2D eigenvalue weighted by atomic mass is 16.3. The van der Waals surface area contributed by atoms with Gasteiger partial charge in [-0.1, -0.05) is 48.5 Å². The number of benzene rings is 2. The first kappa shape index (κ1) is 13.7. The predicted molar refractivity (Wildman–Crippen MR) is 83.9 cm³/mol. The highest BCUT2D eigenvalue weighted by Crippen LogP contribution is 2.32. The van der Waals surface area contributed by atoms with Crippen LogP contribution in [0.3, 0.4) is 0 Å². The summed E-state index contributed by atoms with van der Waals surface area (Å²) < 4.78 is 0. The van der Waals surface area contributed by atoms with Crippen molar-refractivity contribution in [3.8, 4) is 0 Å². The van der Waals surface area contributed by atoms with E-state index < -0.39 is 23.0 Å². The van der Waals surface area contributed by atoms with Crippen LogP contribution in [0.2, 0.25) is 0 Å². The van der Waals surface area contributed by atoms with Crippen LogP contribution in [0.1, 0.15) is 22.0 Å². The van der Waals surface area contributed by atoms with Crippen molar-refractivity contribution < 1.29 is 9.90 Å². The molecule has 0 saturated carbocycles. The summed E-state index contributed by atoms with van der Waals surface area (Å²) >= 11 is 0. The molecule has 0 fully saturated rings. The van der Waals surface area contributed by atoms with Gasteiger partial charge in [0.15, 0.2) is 11.1 Å². The van der Waals surface area contributed by atoms with Crippen molar-refractivity contribution in [2.45, 2.75) is 12.1 Å². The SMILES string of the molecule is O=C1c2ccccc2[C@@H](O)[C@@H]1N=c1c(=O)c2ccccc2c1=O. The van der Waals surface area contributed by atoms with E-state index >= 15 is 0 Å². The number of fused-ring (bicyclic) bond motifs is 2. The van der Waals surface area contributed by atoms with Gasteiger partial charge in [-0.2, -0.15) is 0 Å². The molecule has 2 atom stereocenters. The Morgan fingerprint density at radius 2 is 1.39 bits per heavy atom. The smallest absolute Gasteiger partial charge is 0.215 e. The van der Waals surface area contributed by atoms with Gasteiger partial charge >= 0.3 is 0 Å². The Bertz CT molecular complexity index is 1060. The molecule has 3 aromatic carbocycles. The maximum Gasteiger partial charge on any atom is 0.215 e. The number of carbonyl (C=O) groups excluding carboxylic acids is 1. The molecule has 0 saturated heterocycles. The molecule has 1 aliphatic carbocycles. The number of Topliss-reactive ketones (excluding diaryl/α,β-unsaturated/α-hetero) is 1. The van der Waals surface area contributed by atoms with Crippen LogP contribution in [0.4, 0.5) is 0 Å². The van der Waals surface area contributed by atoms with Crippen LogP contribution in [0.5, 0.6) is 0 Å². The van der Waals surface area contributed by atoms with E-state index in [1.54, 1.807) is 48.5 Å². The van der Waals surface area contributed by atoms with E-state index in [0.717, 1.165) is 0 Å². The maximum atomic E-state index is 12.4. The van der Waals surface area contributed by atoms with Crippen molar-refractivity contribution in [2.24, 2.45) is 4.99 Å². The van der Waals surface area contributed by atoms with Crippen LogP contribution in [0.25, 0.3) is 10.8 Å². The summed E-state index contributed by atoms with van der Waals surface area (Å²) in [5.41, 5.74) is -0.143. The van der Waals surface area contributed by atoms with Crippen LogP contribution < -0.4 is 16.2 Å². The lowest BCUT2D eigenvalue weighted by Gasteiger charge is -2.07. The molecule has 1 N–H and O–H groups in total. The van der Waals surface area contributed by atoms with E-state index in [1.807, 2.05) is 0 Å².